The molecule has 2 fully saturated rings. The summed E-state index contributed by atoms with van der Waals surface area (Å²) in [7, 11) is -0.433. The maximum atomic E-state index is 12.1. The Labute approximate surface area is 113 Å². The second kappa shape index (κ2) is 6.39. The van der Waals surface area contributed by atoms with E-state index in [1.54, 1.807) is 4.90 Å². The van der Waals surface area contributed by atoms with Gasteiger partial charge in [0.2, 0.25) is 5.91 Å². The molecule has 0 saturated carbocycles. The van der Waals surface area contributed by atoms with Crippen LogP contribution in [0.25, 0.3) is 0 Å². The summed E-state index contributed by atoms with van der Waals surface area (Å²) in [5.41, 5.74) is 5.37. The zero-order chi connectivity index (χ0) is 13.8. The monoisotopic (exact) mass is 268 g/mol. The summed E-state index contributed by atoms with van der Waals surface area (Å²) in [6.45, 7) is 3.46. The van der Waals surface area contributed by atoms with Gasteiger partial charge in [0.25, 0.3) is 5.97 Å². The van der Waals surface area contributed by atoms with Gasteiger partial charge in [0.05, 0.1) is 12.5 Å². The average Bonchev–Trinajstić information content (AvgIpc) is 2.80. The molecule has 0 bridgehead atoms. The Morgan fingerprint density at radius 1 is 1.58 bits per heavy atom. The highest BCUT2D eigenvalue weighted by atomic mass is 16.6. The molecule has 106 valence electrons. The largest absolute Gasteiger partial charge is 0.527 e. The first kappa shape index (κ1) is 14.3. The van der Waals surface area contributed by atoms with E-state index in [1.807, 2.05) is 6.92 Å². The number of nitrogens with two attached hydrogens (primary N) is 1. The van der Waals surface area contributed by atoms with Crippen molar-refractivity contribution < 1.29 is 18.9 Å². The summed E-state index contributed by atoms with van der Waals surface area (Å²) in [6.07, 6.45) is 2.61. The van der Waals surface area contributed by atoms with E-state index in [1.165, 1.54) is 0 Å². The molecule has 2 aliphatic heterocycles. The van der Waals surface area contributed by atoms with Gasteiger partial charge in [-0.2, -0.15) is 0 Å². The molecule has 2 aliphatic rings. The third-order valence-corrected chi connectivity index (χ3v) is 3.89. The molecule has 2 saturated heterocycles. The zero-order valence-corrected chi connectivity index (χ0v) is 11.3. The van der Waals surface area contributed by atoms with Crippen LogP contribution in [0.4, 0.5) is 0 Å². The molecule has 7 heteroatoms. The standard InChI is InChI=1S/C12H21BN2O4/c1-2-18-13-5-3-4-9-7-15(11(16)6-14)8-10(9)12(17)19-13/h9-10H,2-8,14H2,1H3/t9-,10?/m0/s1. The number of carbonyl (C=O) groups is 2. The van der Waals surface area contributed by atoms with Crippen LogP contribution in [-0.4, -0.2) is 50.1 Å². The quantitative estimate of drug-likeness (QED) is 0.722. The van der Waals surface area contributed by atoms with Crippen LogP contribution in [-0.2, 0) is 18.9 Å². The molecular weight excluding hydrogens is 247 g/mol. The van der Waals surface area contributed by atoms with Gasteiger partial charge in [0.1, 0.15) is 0 Å². The van der Waals surface area contributed by atoms with E-state index in [0.717, 1.165) is 19.2 Å². The maximum absolute atomic E-state index is 12.1. The Balaban J connectivity index is 2.01. The van der Waals surface area contributed by atoms with Crippen molar-refractivity contribution >= 4 is 19.0 Å². The molecule has 2 N–H and O–H groups in total. The lowest BCUT2D eigenvalue weighted by atomic mass is 9.77. The predicted octanol–water partition coefficient (Wildman–Crippen LogP) is -0.119. The van der Waals surface area contributed by atoms with E-state index >= 15 is 0 Å². The molecule has 19 heavy (non-hydrogen) atoms. The number of fused-ring (bicyclic) bond motifs is 1. The molecule has 0 aromatic heterocycles. The van der Waals surface area contributed by atoms with Crippen LogP contribution in [0.5, 0.6) is 0 Å². The van der Waals surface area contributed by atoms with Crippen molar-refractivity contribution in [1.29, 1.82) is 0 Å². The normalized spacial score (nSPS) is 27.6. The Hall–Kier alpha value is -1.08. The predicted molar refractivity (Wildman–Crippen MR) is 70.1 cm³/mol. The summed E-state index contributed by atoms with van der Waals surface area (Å²) >= 11 is 0. The minimum atomic E-state index is -0.433. The van der Waals surface area contributed by atoms with E-state index in [4.69, 9.17) is 15.0 Å². The highest BCUT2D eigenvalue weighted by Crippen LogP contribution is 2.31. The zero-order valence-electron chi connectivity index (χ0n) is 11.3. The van der Waals surface area contributed by atoms with Crippen molar-refractivity contribution in [2.45, 2.75) is 26.1 Å². The van der Waals surface area contributed by atoms with E-state index in [0.29, 0.717) is 19.7 Å². The molecule has 2 rings (SSSR count). The van der Waals surface area contributed by atoms with Crippen molar-refractivity contribution in [3.63, 3.8) is 0 Å². The summed E-state index contributed by atoms with van der Waals surface area (Å²) in [6, 6.07) is 0. The Morgan fingerprint density at radius 3 is 3.05 bits per heavy atom. The fraction of sp³-hybridized carbons (Fsp3) is 0.833. The Morgan fingerprint density at radius 2 is 2.37 bits per heavy atom. The van der Waals surface area contributed by atoms with Gasteiger partial charge >= 0.3 is 7.12 Å². The van der Waals surface area contributed by atoms with Gasteiger partial charge in [-0.05, 0) is 25.6 Å². The fourth-order valence-electron chi connectivity index (χ4n) is 2.89. The van der Waals surface area contributed by atoms with Gasteiger partial charge < -0.3 is 19.9 Å². The van der Waals surface area contributed by atoms with E-state index in [-0.39, 0.29) is 30.3 Å². The number of amides is 1. The lowest BCUT2D eigenvalue weighted by Gasteiger charge is -2.23. The molecule has 0 radical (unpaired) electrons. The minimum absolute atomic E-state index is 0.00391. The van der Waals surface area contributed by atoms with E-state index in [9.17, 15) is 9.59 Å². The lowest BCUT2D eigenvalue weighted by molar-refractivity contribution is -0.142. The number of nitrogens with zero attached hydrogens (tertiary/aromatic N) is 1. The first-order valence-electron chi connectivity index (χ1n) is 6.95. The highest BCUT2D eigenvalue weighted by Gasteiger charge is 2.42. The van der Waals surface area contributed by atoms with Crippen molar-refractivity contribution in [3.8, 4) is 0 Å². The molecule has 0 aliphatic carbocycles. The number of hydrogen-bond donors (Lipinski definition) is 1. The first-order valence-corrected chi connectivity index (χ1v) is 6.95. The second-order valence-corrected chi connectivity index (χ2v) is 5.12. The van der Waals surface area contributed by atoms with Crippen molar-refractivity contribution in [3.05, 3.63) is 0 Å². The van der Waals surface area contributed by atoms with Crippen LogP contribution in [0.15, 0.2) is 0 Å². The number of carbonyl (C=O) groups excluding carboxylic acids is 2. The summed E-state index contributed by atoms with van der Waals surface area (Å²) in [5, 5.41) is 0. The maximum Gasteiger partial charge on any atom is 0.527 e. The molecule has 1 unspecified atom stereocenters. The van der Waals surface area contributed by atoms with Gasteiger partial charge in [-0.3, -0.25) is 9.59 Å². The van der Waals surface area contributed by atoms with E-state index < -0.39 is 7.12 Å². The third kappa shape index (κ3) is 3.28. The van der Waals surface area contributed by atoms with E-state index in [2.05, 4.69) is 0 Å². The van der Waals surface area contributed by atoms with Gasteiger partial charge in [0, 0.05) is 19.7 Å². The van der Waals surface area contributed by atoms with Crippen LogP contribution in [0, 0.1) is 11.8 Å². The molecule has 0 aromatic rings. The van der Waals surface area contributed by atoms with Crippen LogP contribution in [0.1, 0.15) is 19.8 Å². The van der Waals surface area contributed by atoms with Gasteiger partial charge in [-0.1, -0.05) is 6.42 Å². The number of rotatable bonds is 3. The van der Waals surface area contributed by atoms with Crippen molar-refractivity contribution in [2.24, 2.45) is 17.6 Å². The smallest absolute Gasteiger partial charge is 0.509 e. The second-order valence-electron chi connectivity index (χ2n) is 5.12. The topological polar surface area (TPSA) is 81.9 Å². The molecule has 2 atom stereocenters. The minimum Gasteiger partial charge on any atom is -0.509 e. The van der Waals surface area contributed by atoms with Crippen LogP contribution in [0.2, 0.25) is 6.32 Å². The first-order chi connectivity index (χ1) is 9.15. The molecule has 1 amide bonds. The van der Waals surface area contributed by atoms with Crippen LogP contribution < -0.4 is 5.73 Å². The van der Waals surface area contributed by atoms with Gasteiger partial charge in [0.15, 0.2) is 0 Å². The average molecular weight is 268 g/mol. The summed E-state index contributed by atoms with van der Waals surface area (Å²) < 4.78 is 10.8. The molecular formula is C12H21BN2O4. The highest BCUT2D eigenvalue weighted by molar-refractivity contribution is 6.46. The van der Waals surface area contributed by atoms with Gasteiger partial charge in [-0.15, -0.1) is 0 Å². The molecule has 0 spiro atoms. The SMILES string of the molecule is CCOB1CCC[C@H]2CN(C(=O)CN)CC2C(=O)O1. The number of likely N-dealkylation sites (tertiary alicyclic amines) is 1. The van der Waals surface area contributed by atoms with Crippen molar-refractivity contribution in [1.82, 2.24) is 4.90 Å². The summed E-state index contributed by atoms with van der Waals surface area (Å²) in [4.78, 5) is 25.4. The Kier molecular flexibility index (Phi) is 4.82. The Bertz CT molecular complexity index is 353. The molecule has 6 nitrogen and oxygen atoms in total. The van der Waals surface area contributed by atoms with Crippen LogP contribution in [0.3, 0.4) is 0 Å². The third-order valence-electron chi connectivity index (χ3n) is 3.89. The molecule has 2 heterocycles. The summed E-state index contributed by atoms with van der Waals surface area (Å²) in [5.74, 6) is -0.360. The van der Waals surface area contributed by atoms with Gasteiger partial charge in [-0.25, -0.2) is 0 Å². The lowest BCUT2D eigenvalue weighted by Crippen LogP contribution is -2.36. The molecule has 0 aromatic carbocycles. The number of hydrogen-bond acceptors (Lipinski definition) is 5. The van der Waals surface area contributed by atoms with Crippen molar-refractivity contribution in [2.75, 3.05) is 26.2 Å². The fourth-order valence-corrected chi connectivity index (χ4v) is 2.89. The van der Waals surface area contributed by atoms with Crippen LogP contribution >= 0.6 is 0 Å².